The molecule has 0 aromatic heterocycles. The van der Waals surface area contributed by atoms with Gasteiger partial charge in [-0.3, -0.25) is 6.07 Å². The van der Waals surface area contributed by atoms with Crippen molar-refractivity contribution in [1.82, 2.24) is 0 Å². The van der Waals surface area contributed by atoms with E-state index in [1.807, 2.05) is 13.0 Å². The summed E-state index contributed by atoms with van der Waals surface area (Å²) < 4.78 is 0. The van der Waals surface area contributed by atoms with E-state index in [0.717, 1.165) is 5.56 Å². The molecule has 0 N–H and O–H groups in total. The maximum absolute atomic E-state index is 3.77. The third kappa shape index (κ3) is 2.44. The summed E-state index contributed by atoms with van der Waals surface area (Å²) in [4.78, 5) is 0. The molecule has 1 aromatic rings. The van der Waals surface area contributed by atoms with E-state index in [0.29, 0.717) is 0 Å². The van der Waals surface area contributed by atoms with Crippen molar-refractivity contribution in [3.05, 3.63) is 41.8 Å². The largest absolute Gasteiger partial charge is 0.373 e. The van der Waals surface area contributed by atoms with E-state index in [1.54, 1.807) is 0 Å². The molecule has 1 heteroatoms. The molecule has 1 rings (SSSR count). The molecule has 0 aliphatic heterocycles. The standard InChI is InChI=1S/C9H10.Y/c1-7-4-5-8(2)9(3)6-7;/h4-5H,1H2,2-3H3;/q-2;. The second-order valence-corrected chi connectivity index (χ2v) is 2.29. The predicted molar refractivity (Wildman–Crippen MR) is 39.2 cm³/mol. The molecule has 0 aliphatic rings. The fraction of sp³-hybridized carbons (Fsp3) is 0.222. The summed E-state index contributed by atoms with van der Waals surface area (Å²) in [5.74, 6) is 0. The van der Waals surface area contributed by atoms with E-state index < -0.39 is 0 Å². The van der Waals surface area contributed by atoms with Crippen LogP contribution in [-0.4, -0.2) is 0 Å². The van der Waals surface area contributed by atoms with Gasteiger partial charge in [0.25, 0.3) is 0 Å². The summed E-state index contributed by atoms with van der Waals surface area (Å²) in [5, 5.41) is 0. The van der Waals surface area contributed by atoms with E-state index in [4.69, 9.17) is 0 Å². The normalized spacial score (nSPS) is 8.60. The Balaban J connectivity index is 0.000000810. The van der Waals surface area contributed by atoms with E-state index in [-0.39, 0.29) is 32.7 Å². The third-order valence-corrected chi connectivity index (χ3v) is 1.47. The first-order valence-corrected chi connectivity index (χ1v) is 3.01. The molecular formula is C9H10Y-2. The summed E-state index contributed by atoms with van der Waals surface area (Å²) in [5.41, 5.74) is 3.45. The Labute approximate surface area is 87.9 Å². The topological polar surface area (TPSA) is 0 Å². The summed E-state index contributed by atoms with van der Waals surface area (Å²) in [6.45, 7) is 7.89. The van der Waals surface area contributed by atoms with Crippen molar-refractivity contribution in [3.63, 3.8) is 0 Å². The molecule has 0 unspecified atom stereocenters. The van der Waals surface area contributed by atoms with Crippen molar-refractivity contribution in [1.29, 1.82) is 0 Å². The van der Waals surface area contributed by atoms with Crippen LogP contribution in [0.25, 0.3) is 0 Å². The van der Waals surface area contributed by atoms with Crippen LogP contribution in [0.15, 0.2) is 12.1 Å². The van der Waals surface area contributed by atoms with Gasteiger partial charge in [-0.2, -0.15) is 11.6 Å². The molecule has 0 saturated carbocycles. The average molecular weight is 207 g/mol. The van der Waals surface area contributed by atoms with Gasteiger partial charge in [0.1, 0.15) is 0 Å². The minimum absolute atomic E-state index is 0. The second kappa shape index (κ2) is 4.15. The van der Waals surface area contributed by atoms with Gasteiger partial charge in [-0.25, -0.2) is 0 Å². The molecule has 0 amide bonds. The summed E-state index contributed by atoms with van der Waals surface area (Å²) in [6.07, 6.45) is 0. The molecule has 1 radical (unpaired) electrons. The Bertz CT molecular complexity index is 216. The van der Waals surface area contributed by atoms with Crippen molar-refractivity contribution in [2.75, 3.05) is 0 Å². The Kier molecular flexibility index (Phi) is 4.23. The van der Waals surface area contributed by atoms with Gasteiger partial charge in [-0.15, -0.1) is 0 Å². The molecule has 0 saturated heterocycles. The van der Waals surface area contributed by atoms with Crippen LogP contribution in [0, 0.1) is 26.8 Å². The molecule has 1 aromatic carbocycles. The number of aryl methyl sites for hydroxylation is 2. The third-order valence-electron chi connectivity index (χ3n) is 1.47. The van der Waals surface area contributed by atoms with Gasteiger partial charge in [-0.1, -0.05) is 12.5 Å². The van der Waals surface area contributed by atoms with Crippen molar-refractivity contribution in [2.24, 2.45) is 0 Å². The van der Waals surface area contributed by atoms with Crippen LogP contribution >= 0.6 is 0 Å². The molecular weight excluding hydrogens is 197 g/mol. The number of rotatable bonds is 0. The first-order chi connectivity index (χ1) is 4.20. The number of hydrogen-bond acceptors (Lipinski definition) is 0. The van der Waals surface area contributed by atoms with Gasteiger partial charge in [0.2, 0.25) is 0 Å². The minimum atomic E-state index is 0. The maximum atomic E-state index is 3.77. The van der Waals surface area contributed by atoms with Crippen LogP contribution in [0.2, 0.25) is 0 Å². The molecule has 51 valence electrons. The molecule has 0 aliphatic carbocycles. The van der Waals surface area contributed by atoms with Crippen molar-refractivity contribution < 1.29 is 32.7 Å². The average Bonchev–Trinajstić information content (AvgIpc) is 1.80. The second-order valence-electron chi connectivity index (χ2n) is 2.29. The van der Waals surface area contributed by atoms with Crippen LogP contribution < -0.4 is 0 Å². The van der Waals surface area contributed by atoms with Gasteiger partial charge in [-0.05, 0) is 6.92 Å². The van der Waals surface area contributed by atoms with Crippen molar-refractivity contribution in [3.8, 4) is 0 Å². The quantitative estimate of drug-likeness (QED) is 0.572. The van der Waals surface area contributed by atoms with Gasteiger partial charge in [0.15, 0.2) is 0 Å². The van der Waals surface area contributed by atoms with Gasteiger partial charge >= 0.3 is 0 Å². The van der Waals surface area contributed by atoms with E-state index >= 15 is 0 Å². The zero-order chi connectivity index (χ0) is 6.85. The van der Waals surface area contributed by atoms with Crippen LogP contribution in [-0.2, 0) is 32.7 Å². The molecule has 0 atom stereocenters. The maximum Gasteiger partial charge on any atom is 0 e. The fourth-order valence-corrected chi connectivity index (χ4v) is 0.732. The molecule has 0 spiro atoms. The predicted octanol–water partition coefficient (Wildman–Crippen LogP) is 2.28. The van der Waals surface area contributed by atoms with Gasteiger partial charge in [0, 0.05) is 32.7 Å². The molecule has 0 nitrogen and oxygen atoms in total. The number of benzene rings is 1. The van der Waals surface area contributed by atoms with Crippen LogP contribution in [0.3, 0.4) is 0 Å². The number of hydrogen-bond donors (Lipinski definition) is 0. The van der Waals surface area contributed by atoms with Gasteiger partial charge in [0.05, 0.1) is 0 Å². The van der Waals surface area contributed by atoms with Crippen molar-refractivity contribution in [2.45, 2.75) is 13.8 Å². The van der Waals surface area contributed by atoms with Crippen LogP contribution in [0.1, 0.15) is 16.7 Å². The van der Waals surface area contributed by atoms with E-state index in [2.05, 4.69) is 26.0 Å². The molecule has 0 heterocycles. The van der Waals surface area contributed by atoms with E-state index in [9.17, 15) is 0 Å². The van der Waals surface area contributed by atoms with E-state index in [1.165, 1.54) is 11.1 Å². The molecule has 0 fully saturated rings. The summed E-state index contributed by atoms with van der Waals surface area (Å²) in [6, 6.07) is 7.17. The minimum Gasteiger partial charge on any atom is -0.373 e. The van der Waals surface area contributed by atoms with Gasteiger partial charge < -0.3 is 18.6 Å². The first-order valence-electron chi connectivity index (χ1n) is 3.01. The summed E-state index contributed by atoms with van der Waals surface area (Å²) in [7, 11) is 0. The first kappa shape index (κ1) is 10.2. The Morgan fingerprint density at radius 2 is 1.90 bits per heavy atom. The molecule has 10 heavy (non-hydrogen) atoms. The van der Waals surface area contributed by atoms with Crippen molar-refractivity contribution >= 4 is 0 Å². The zero-order valence-corrected chi connectivity index (χ0v) is 9.28. The fourth-order valence-electron chi connectivity index (χ4n) is 0.732. The van der Waals surface area contributed by atoms with Crippen LogP contribution in [0.4, 0.5) is 0 Å². The zero-order valence-electron chi connectivity index (χ0n) is 6.44. The Morgan fingerprint density at radius 1 is 1.30 bits per heavy atom. The Hall–Kier alpha value is 0.194. The Morgan fingerprint density at radius 3 is 2.30 bits per heavy atom. The smallest absolute Gasteiger partial charge is 0 e. The SMILES string of the molecule is [CH2-]c1[c-]c(C)c(C)cc1.[Y]. The molecule has 0 bridgehead atoms. The monoisotopic (exact) mass is 207 g/mol. The summed E-state index contributed by atoms with van der Waals surface area (Å²) >= 11 is 0. The van der Waals surface area contributed by atoms with Crippen LogP contribution in [0.5, 0.6) is 0 Å².